The molecule has 0 saturated carbocycles. The van der Waals surface area contributed by atoms with E-state index in [1.54, 1.807) is 7.11 Å². The van der Waals surface area contributed by atoms with Crippen molar-refractivity contribution >= 4 is 11.6 Å². The number of fused-ring (bicyclic) bond motifs is 1. The van der Waals surface area contributed by atoms with E-state index < -0.39 is 0 Å². The van der Waals surface area contributed by atoms with Gasteiger partial charge in [0.25, 0.3) is 0 Å². The fraction of sp³-hybridized carbons (Fsp3) is 0.278. The summed E-state index contributed by atoms with van der Waals surface area (Å²) in [6, 6.07) is 15.7. The van der Waals surface area contributed by atoms with E-state index in [9.17, 15) is 4.79 Å². The van der Waals surface area contributed by atoms with E-state index in [0.29, 0.717) is 0 Å². The first-order valence-electron chi connectivity index (χ1n) is 7.30. The van der Waals surface area contributed by atoms with Gasteiger partial charge in [-0.3, -0.25) is 4.79 Å². The Morgan fingerprint density at radius 2 is 1.90 bits per heavy atom. The van der Waals surface area contributed by atoms with Crippen molar-refractivity contribution in [3.8, 4) is 5.75 Å². The first-order valence-corrected chi connectivity index (χ1v) is 7.30. The topological polar surface area (TPSA) is 38.3 Å². The monoisotopic (exact) mass is 281 g/mol. The Bertz CT molecular complexity index is 634. The SMILES string of the molecule is COc1ccc(NC(=O)[C@@H]2CCCc3ccccc32)cc1. The molecule has 3 heteroatoms. The highest BCUT2D eigenvalue weighted by Gasteiger charge is 2.26. The van der Waals surface area contributed by atoms with Gasteiger partial charge in [0, 0.05) is 5.69 Å². The standard InChI is InChI=1S/C18H19NO2/c1-21-15-11-9-14(10-12-15)19-18(20)17-8-4-6-13-5-2-3-7-16(13)17/h2-3,5,7,9-12,17H,4,6,8H2,1H3,(H,19,20)/t17-/m1/s1. The third kappa shape index (κ3) is 2.92. The summed E-state index contributed by atoms with van der Waals surface area (Å²) in [4.78, 5) is 12.5. The fourth-order valence-corrected chi connectivity index (χ4v) is 2.93. The van der Waals surface area contributed by atoms with Crippen LogP contribution in [0.4, 0.5) is 5.69 Å². The third-order valence-corrected chi connectivity index (χ3v) is 4.04. The zero-order chi connectivity index (χ0) is 14.7. The number of amides is 1. The summed E-state index contributed by atoms with van der Waals surface area (Å²) in [5, 5.41) is 3.01. The lowest BCUT2D eigenvalue weighted by molar-refractivity contribution is -0.117. The number of rotatable bonds is 3. The highest BCUT2D eigenvalue weighted by atomic mass is 16.5. The third-order valence-electron chi connectivity index (χ3n) is 4.04. The van der Waals surface area contributed by atoms with E-state index >= 15 is 0 Å². The normalized spacial score (nSPS) is 16.9. The Hall–Kier alpha value is -2.29. The molecule has 0 bridgehead atoms. The van der Waals surface area contributed by atoms with Crippen LogP contribution in [0.25, 0.3) is 0 Å². The Labute approximate surface area is 124 Å². The number of aryl methyl sites for hydroxylation is 1. The van der Waals surface area contributed by atoms with Gasteiger partial charge in [0.15, 0.2) is 0 Å². The molecule has 108 valence electrons. The highest BCUT2D eigenvalue weighted by Crippen LogP contribution is 2.32. The lowest BCUT2D eigenvalue weighted by atomic mass is 9.82. The van der Waals surface area contributed by atoms with Gasteiger partial charge in [-0.25, -0.2) is 0 Å². The second kappa shape index (κ2) is 6.00. The first-order chi connectivity index (χ1) is 10.3. The number of carbonyl (C=O) groups is 1. The van der Waals surface area contributed by atoms with Crippen molar-refractivity contribution in [2.24, 2.45) is 0 Å². The van der Waals surface area contributed by atoms with Crippen LogP contribution in [0.3, 0.4) is 0 Å². The molecule has 0 heterocycles. The number of anilines is 1. The van der Waals surface area contributed by atoms with Crippen molar-refractivity contribution in [2.45, 2.75) is 25.2 Å². The van der Waals surface area contributed by atoms with Crippen molar-refractivity contribution in [2.75, 3.05) is 12.4 Å². The molecule has 21 heavy (non-hydrogen) atoms. The van der Waals surface area contributed by atoms with Crippen molar-refractivity contribution in [1.29, 1.82) is 0 Å². The zero-order valence-corrected chi connectivity index (χ0v) is 12.1. The van der Waals surface area contributed by atoms with Gasteiger partial charge in [0.2, 0.25) is 5.91 Å². The van der Waals surface area contributed by atoms with Gasteiger partial charge in [-0.05, 0) is 54.7 Å². The molecule has 0 aliphatic heterocycles. The Balaban J connectivity index is 1.76. The number of benzene rings is 2. The van der Waals surface area contributed by atoms with E-state index in [4.69, 9.17) is 4.74 Å². The predicted octanol–water partition coefficient (Wildman–Crippen LogP) is 3.75. The van der Waals surface area contributed by atoms with E-state index in [-0.39, 0.29) is 11.8 Å². The molecule has 0 radical (unpaired) electrons. The number of methoxy groups -OCH3 is 1. The van der Waals surface area contributed by atoms with Gasteiger partial charge in [0.1, 0.15) is 5.75 Å². The molecule has 2 aromatic carbocycles. The van der Waals surface area contributed by atoms with E-state index in [2.05, 4.69) is 17.4 Å². The van der Waals surface area contributed by atoms with Crippen molar-refractivity contribution in [1.82, 2.24) is 0 Å². The molecule has 0 aromatic heterocycles. The fourth-order valence-electron chi connectivity index (χ4n) is 2.93. The molecule has 1 amide bonds. The van der Waals surface area contributed by atoms with Crippen LogP contribution < -0.4 is 10.1 Å². The summed E-state index contributed by atoms with van der Waals surface area (Å²) >= 11 is 0. The molecule has 1 aliphatic carbocycles. The van der Waals surface area contributed by atoms with E-state index in [1.807, 2.05) is 36.4 Å². The maximum Gasteiger partial charge on any atom is 0.231 e. The summed E-state index contributed by atoms with van der Waals surface area (Å²) in [6.07, 6.45) is 3.05. The summed E-state index contributed by atoms with van der Waals surface area (Å²) in [6.45, 7) is 0. The molecular weight excluding hydrogens is 262 g/mol. The lowest BCUT2D eigenvalue weighted by Crippen LogP contribution is -2.24. The Kier molecular flexibility index (Phi) is 3.91. The van der Waals surface area contributed by atoms with Crippen LogP contribution >= 0.6 is 0 Å². The summed E-state index contributed by atoms with van der Waals surface area (Å²) in [7, 11) is 1.63. The quantitative estimate of drug-likeness (QED) is 0.930. The van der Waals surface area contributed by atoms with Crippen molar-refractivity contribution < 1.29 is 9.53 Å². The minimum absolute atomic E-state index is 0.0444. The molecule has 0 spiro atoms. The lowest BCUT2D eigenvalue weighted by Gasteiger charge is -2.24. The molecule has 1 atom stereocenters. The smallest absolute Gasteiger partial charge is 0.231 e. The molecule has 3 nitrogen and oxygen atoms in total. The molecule has 1 aliphatic rings. The van der Waals surface area contributed by atoms with Crippen LogP contribution in [-0.2, 0) is 11.2 Å². The number of hydrogen-bond donors (Lipinski definition) is 1. The Morgan fingerprint density at radius 3 is 2.67 bits per heavy atom. The van der Waals surface area contributed by atoms with E-state index in [0.717, 1.165) is 30.7 Å². The van der Waals surface area contributed by atoms with Crippen LogP contribution in [0.15, 0.2) is 48.5 Å². The van der Waals surface area contributed by atoms with Crippen molar-refractivity contribution in [3.05, 3.63) is 59.7 Å². The number of nitrogens with one attached hydrogen (secondary N) is 1. The van der Waals surface area contributed by atoms with Crippen LogP contribution in [0, 0.1) is 0 Å². The number of ether oxygens (including phenoxy) is 1. The maximum absolute atomic E-state index is 12.5. The largest absolute Gasteiger partial charge is 0.497 e. The van der Waals surface area contributed by atoms with Gasteiger partial charge in [-0.2, -0.15) is 0 Å². The first kappa shape index (κ1) is 13.7. The summed E-state index contributed by atoms with van der Waals surface area (Å²) in [5.41, 5.74) is 3.29. The van der Waals surface area contributed by atoms with Gasteiger partial charge < -0.3 is 10.1 Å². The van der Waals surface area contributed by atoms with E-state index in [1.165, 1.54) is 11.1 Å². The average Bonchev–Trinajstić information content (AvgIpc) is 2.55. The summed E-state index contributed by atoms with van der Waals surface area (Å²) < 4.78 is 5.12. The van der Waals surface area contributed by atoms with Gasteiger partial charge in [-0.15, -0.1) is 0 Å². The second-order valence-corrected chi connectivity index (χ2v) is 5.36. The second-order valence-electron chi connectivity index (χ2n) is 5.36. The maximum atomic E-state index is 12.5. The number of carbonyl (C=O) groups excluding carboxylic acids is 1. The molecular formula is C18H19NO2. The average molecular weight is 281 g/mol. The van der Waals surface area contributed by atoms with Crippen LogP contribution in [0.1, 0.15) is 29.9 Å². The van der Waals surface area contributed by atoms with Crippen molar-refractivity contribution in [3.63, 3.8) is 0 Å². The number of hydrogen-bond acceptors (Lipinski definition) is 2. The molecule has 2 aromatic rings. The van der Waals surface area contributed by atoms with Crippen LogP contribution in [-0.4, -0.2) is 13.0 Å². The predicted molar refractivity (Wildman–Crippen MR) is 83.7 cm³/mol. The minimum Gasteiger partial charge on any atom is -0.497 e. The molecule has 0 saturated heterocycles. The molecule has 0 fully saturated rings. The highest BCUT2D eigenvalue weighted by molar-refractivity contribution is 5.96. The van der Waals surface area contributed by atoms with Gasteiger partial charge in [-0.1, -0.05) is 24.3 Å². The van der Waals surface area contributed by atoms with Gasteiger partial charge in [0.05, 0.1) is 13.0 Å². The van der Waals surface area contributed by atoms with Gasteiger partial charge >= 0.3 is 0 Å². The molecule has 0 unspecified atom stereocenters. The molecule has 3 rings (SSSR count). The minimum atomic E-state index is -0.0444. The Morgan fingerprint density at radius 1 is 1.14 bits per heavy atom. The summed E-state index contributed by atoms with van der Waals surface area (Å²) in [5.74, 6) is 0.820. The zero-order valence-electron chi connectivity index (χ0n) is 12.1. The van der Waals surface area contributed by atoms with Crippen LogP contribution in [0.5, 0.6) is 5.75 Å². The molecule has 1 N–H and O–H groups in total. The van der Waals surface area contributed by atoms with Crippen LogP contribution in [0.2, 0.25) is 0 Å².